The molecule has 3 atom stereocenters. The molecular weight excluding hydrogens is 398 g/mol. The summed E-state index contributed by atoms with van der Waals surface area (Å²) in [6.07, 6.45) is 3.61. The third-order valence-corrected chi connectivity index (χ3v) is 7.18. The summed E-state index contributed by atoms with van der Waals surface area (Å²) in [4.78, 5) is 12.7. The maximum absolute atomic E-state index is 12.7. The molecular formula is C27H25N3O2. The zero-order chi connectivity index (χ0) is 22.5. The maximum Gasteiger partial charge on any atom is 0.176 e. The van der Waals surface area contributed by atoms with Gasteiger partial charge in [0.25, 0.3) is 0 Å². The Morgan fingerprint density at radius 1 is 1.16 bits per heavy atom. The minimum atomic E-state index is -0.465. The number of carbonyl (C=O) groups is 1. The fourth-order valence-electron chi connectivity index (χ4n) is 5.53. The van der Waals surface area contributed by atoms with Gasteiger partial charge in [-0.3, -0.25) is 4.79 Å². The Hall–Kier alpha value is -3.65. The van der Waals surface area contributed by atoms with Crippen LogP contribution in [0.5, 0.6) is 5.75 Å². The summed E-state index contributed by atoms with van der Waals surface area (Å²) in [6.45, 7) is 4.09. The third-order valence-electron chi connectivity index (χ3n) is 7.18. The van der Waals surface area contributed by atoms with E-state index < -0.39 is 5.41 Å². The van der Waals surface area contributed by atoms with Crippen LogP contribution in [0.1, 0.15) is 31.5 Å². The summed E-state index contributed by atoms with van der Waals surface area (Å²) in [7, 11) is 1.66. The van der Waals surface area contributed by atoms with E-state index in [9.17, 15) is 10.1 Å². The average Bonchev–Trinajstić information content (AvgIpc) is 3.23. The first-order chi connectivity index (χ1) is 15.5. The van der Waals surface area contributed by atoms with Crippen molar-refractivity contribution in [3.63, 3.8) is 0 Å². The highest BCUT2D eigenvalue weighted by Gasteiger charge is 2.50. The van der Waals surface area contributed by atoms with E-state index in [0.717, 1.165) is 41.2 Å². The number of hydrogen-bond donors (Lipinski definition) is 0. The minimum Gasteiger partial charge on any atom is -0.497 e. The quantitative estimate of drug-likeness (QED) is 0.592. The van der Waals surface area contributed by atoms with Crippen LogP contribution in [-0.4, -0.2) is 22.7 Å². The van der Waals surface area contributed by atoms with Crippen molar-refractivity contribution >= 4 is 5.78 Å². The summed E-state index contributed by atoms with van der Waals surface area (Å²) in [5, 5.41) is 14.8. The van der Waals surface area contributed by atoms with Crippen LogP contribution >= 0.6 is 0 Å². The highest BCUT2D eigenvalue weighted by atomic mass is 16.5. The van der Waals surface area contributed by atoms with Gasteiger partial charge in [0, 0.05) is 22.5 Å². The smallest absolute Gasteiger partial charge is 0.176 e. The van der Waals surface area contributed by atoms with E-state index in [1.165, 1.54) is 5.56 Å². The first-order valence-corrected chi connectivity index (χ1v) is 11.0. The first-order valence-electron chi connectivity index (χ1n) is 11.0. The van der Waals surface area contributed by atoms with E-state index in [0.29, 0.717) is 0 Å². The Labute approximate surface area is 187 Å². The van der Waals surface area contributed by atoms with Crippen molar-refractivity contribution in [2.24, 2.45) is 11.8 Å². The molecule has 160 valence electrons. The maximum atomic E-state index is 12.7. The Bertz CT molecular complexity index is 1260. The van der Waals surface area contributed by atoms with Crippen LogP contribution < -0.4 is 4.74 Å². The van der Waals surface area contributed by atoms with Crippen LogP contribution in [0.4, 0.5) is 0 Å². The summed E-state index contributed by atoms with van der Waals surface area (Å²) in [5.74, 6) is 0.679. The Morgan fingerprint density at radius 2 is 1.88 bits per heavy atom. The van der Waals surface area contributed by atoms with Gasteiger partial charge in [-0.25, -0.2) is 4.68 Å². The van der Waals surface area contributed by atoms with Crippen molar-refractivity contribution in [3.05, 3.63) is 77.5 Å². The number of hydrogen-bond acceptors (Lipinski definition) is 4. The Balaban J connectivity index is 1.77. The topological polar surface area (TPSA) is 67.9 Å². The molecule has 0 radical (unpaired) electrons. The number of nitriles is 1. The molecule has 0 unspecified atom stereocenters. The Morgan fingerprint density at radius 3 is 2.53 bits per heavy atom. The lowest BCUT2D eigenvalue weighted by Gasteiger charge is -2.44. The number of methoxy groups -OCH3 is 1. The van der Waals surface area contributed by atoms with Gasteiger partial charge < -0.3 is 4.74 Å². The number of ketones is 1. The molecule has 5 rings (SSSR count). The van der Waals surface area contributed by atoms with E-state index in [4.69, 9.17) is 9.84 Å². The fraction of sp³-hybridized carbons (Fsp3) is 0.296. The van der Waals surface area contributed by atoms with Crippen molar-refractivity contribution in [1.29, 1.82) is 5.26 Å². The van der Waals surface area contributed by atoms with Crippen molar-refractivity contribution in [1.82, 2.24) is 9.78 Å². The molecule has 2 aliphatic carbocycles. The molecule has 1 heterocycles. The summed E-state index contributed by atoms with van der Waals surface area (Å²) in [5.41, 5.74) is 5.07. The molecule has 2 aliphatic rings. The third kappa shape index (κ3) is 2.90. The molecule has 2 aromatic carbocycles. The standard InChI is InChI=1S/C27H25N3O2/c1-17-23-14-13-22-24(18-7-5-4-6-8-18)30(20-9-11-21(32-3)12-10-20)29-26(22)27(23,2)15-19(16-28)25(17)31/h4-12,15,17,23H,13-14H2,1-3H3/t17-,23-,27-/m1/s1. The molecule has 0 spiro atoms. The molecule has 3 aromatic rings. The van der Waals surface area contributed by atoms with Gasteiger partial charge in [-0.1, -0.05) is 50.3 Å². The van der Waals surface area contributed by atoms with Crippen molar-refractivity contribution in [3.8, 4) is 28.8 Å². The molecule has 0 saturated carbocycles. The number of aromatic nitrogens is 2. The van der Waals surface area contributed by atoms with Crippen LogP contribution in [-0.2, 0) is 16.6 Å². The molecule has 5 heteroatoms. The van der Waals surface area contributed by atoms with Gasteiger partial charge in [-0.15, -0.1) is 0 Å². The number of nitrogens with zero attached hydrogens (tertiary/aromatic N) is 3. The normalized spacial score (nSPS) is 24.2. The van der Waals surface area contributed by atoms with E-state index in [1.54, 1.807) is 7.11 Å². The highest BCUT2D eigenvalue weighted by Crippen LogP contribution is 2.51. The largest absolute Gasteiger partial charge is 0.497 e. The van der Waals surface area contributed by atoms with Crippen LogP contribution in [0, 0.1) is 23.2 Å². The van der Waals surface area contributed by atoms with Crippen molar-refractivity contribution in [2.75, 3.05) is 7.11 Å². The molecule has 32 heavy (non-hydrogen) atoms. The van der Waals surface area contributed by atoms with Crippen LogP contribution in [0.2, 0.25) is 0 Å². The number of rotatable bonds is 3. The van der Waals surface area contributed by atoms with Crippen molar-refractivity contribution in [2.45, 2.75) is 32.1 Å². The number of fused-ring (bicyclic) bond motifs is 3. The number of carbonyl (C=O) groups excluding carboxylic acids is 1. The van der Waals surface area contributed by atoms with Gasteiger partial charge >= 0.3 is 0 Å². The molecule has 1 aromatic heterocycles. The Kier molecular flexibility index (Phi) is 4.74. The second kappa shape index (κ2) is 7.49. The lowest BCUT2D eigenvalue weighted by Crippen LogP contribution is -2.45. The van der Waals surface area contributed by atoms with Gasteiger partial charge in [0.2, 0.25) is 0 Å². The minimum absolute atomic E-state index is 0.0451. The summed E-state index contributed by atoms with van der Waals surface area (Å²) in [6, 6.07) is 20.3. The van der Waals surface area contributed by atoms with E-state index in [-0.39, 0.29) is 23.2 Å². The number of ether oxygens (including phenoxy) is 1. The summed E-state index contributed by atoms with van der Waals surface area (Å²) >= 11 is 0. The predicted molar refractivity (Wildman–Crippen MR) is 123 cm³/mol. The van der Waals surface area contributed by atoms with Gasteiger partial charge in [-0.05, 0) is 43.0 Å². The molecule has 0 N–H and O–H groups in total. The zero-order valence-corrected chi connectivity index (χ0v) is 18.5. The average molecular weight is 424 g/mol. The van der Waals surface area contributed by atoms with Gasteiger partial charge in [-0.2, -0.15) is 10.4 Å². The van der Waals surface area contributed by atoms with E-state index in [2.05, 4.69) is 25.1 Å². The second-order valence-corrected chi connectivity index (χ2v) is 8.90. The van der Waals surface area contributed by atoms with E-state index >= 15 is 0 Å². The van der Waals surface area contributed by atoms with Gasteiger partial charge in [0.1, 0.15) is 11.8 Å². The number of Topliss-reactive ketones (excluding diaryl/α,β-unsaturated/α-hetero) is 1. The SMILES string of the molecule is COc1ccc(-n2nc3c(c2-c2ccccc2)CC[C@@H]2[C@@H](C)C(=O)C(C#N)=C[C@@]32C)cc1. The lowest BCUT2D eigenvalue weighted by atomic mass is 9.58. The molecule has 0 aliphatic heterocycles. The summed E-state index contributed by atoms with van der Waals surface area (Å²) < 4.78 is 7.34. The van der Waals surface area contributed by atoms with Crippen LogP contribution in [0.3, 0.4) is 0 Å². The van der Waals surface area contributed by atoms with Gasteiger partial charge in [0.05, 0.1) is 29.8 Å². The number of benzene rings is 2. The van der Waals surface area contributed by atoms with Crippen molar-refractivity contribution < 1.29 is 9.53 Å². The first kappa shape index (κ1) is 20.3. The molecule has 0 fully saturated rings. The molecule has 0 saturated heterocycles. The lowest BCUT2D eigenvalue weighted by molar-refractivity contribution is -0.121. The van der Waals surface area contributed by atoms with E-state index in [1.807, 2.05) is 60.1 Å². The molecule has 5 nitrogen and oxygen atoms in total. The fourth-order valence-corrected chi connectivity index (χ4v) is 5.53. The molecule has 0 amide bonds. The van der Waals surface area contributed by atoms with Crippen LogP contribution in [0.15, 0.2) is 66.2 Å². The van der Waals surface area contributed by atoms with Gasteiger partial charge in [0.15, 0.2) is 5.78 Å². The van der Waals surface area contributed by atoms with Crippen LogP contribution in [0.25, 0.3) is 16.9 Å². The molecule has 0 bridgehead atoms. The highest BCUT2D eigenvalue weighted by molar-refractivity contribution is 6.02. The monoisotopic (exact) mass is 423 g/mol. The predicted octanol–water partition coefficient (Wildman–Crippen LogP) is 5.04. The number of allylic oxidation sites excluding steroid dienone is 2. The second-order valence-electron chi connectivity index (χ2n) is 8.90. The zero-order valence-electron chi connectivity index (χ0n) is 18.5.